The van der Waals surface area contributed by atoms with Gasteiger partial charge in [-0.05, 0) is 49.2 Å². The van der Waals surface area contributed by atoms with E-state index in [2.05, 4.69) is 10.4 Å². The molecule has 0 unspecified atom stereocenters. The lowest BCUT2D eigenvalue weighted by molar-refractivity contribution is 0.430. The maximum absolute atomic E-state index is 13.6. The Labute approximate surface area is 161 Å². The second-order valence-electron chi connectivity index (χ2n) is 7.14. The van der Waals surface area contributed by atoms with E-state index in [-0.39, 0.29) is 18.2 Å². The number of piperidine rings is 1. The largest absolute Gasteiger partial charge is 0.346 e. The van der Waals surface area contributed by atoms with Crippen molar-refractivity contribution in [3.8, 4) is 0 Å². The molecule has 0 saturated carbocycles. The van der Waals surface area contributed by atoms with Gasteiger partial charge in [-0.3, -0.25) is 4.57 Å². The molecule has 5 nitrogen and oxygen atoms in total. The van der Waals surface area contributed by atoms with Gasteiger partial charge in [-0.2, -0.15) is 5.10 Å². The van der Waals surface area contributed by atoms with E-state index in [1.807, 2.05) is 30.3 Å². The van der Waals surface area contributed by atoms with E-state index in [1.165, 1.54) is 10.7 Å². The molecule has 1 aromatic heterocycles. The lowest BCUT2D eigenvalue weighted by Gasteiger charge is -2.22. The van der Waals surface area contributed by atoms with Crippen LogP contribution in [-0.2, 0) is 13.1 Å². The average molecular weight is 384 g/mol. The summed E-state index contributed by atoms with van der Waals surface area (Å²) in [7, 11) is 0. The Balaban J connectivity index is 1.70. The normalized spacial score (nSPS) is 15.1. The van der Waals surface area contributed by atoms with E-state index in [0.717, 1.165) is 49.5 Å². The smallest absolute Gasteiger partial charge is 0.317 e. The highest BCUT2D eigenvalue weighted by Crippen LogP contribution is 2.23. The number of benzene rings is 2. The molecular weight excluding hydrogens is 362 g/mol. The Hall–Kier alpha value is -2.80. The molecule has 1 aliphatic heterocycles. The zero-order chi connectivity index (χ0) is 19.5. The molecule has 0 spiro atoms. The van der Waals surface area contributed by atoms with Crippen LogP contribution in [0, 0.1) is 11.6 Å². The molecule has 2 aromatic carbocycles. The predicted molar refractivity (Wildman–Crippen MR) is 102 cm³/mol. The van der Waals surface area contributed by atoms with Crippen molar-refractivity contribution in [1.82, 2.24) is 19.7 Å². The number of halogens is 2. The predicted octanol–water partition coefficient (Wildman–Crippen LogP) is 2.89. The van der Waals surface area contributed by atoms with Crippen LogP contribution in [0.1, 0.15) is 35.7 Å². The van der Waals surface area contributed by atoms with Crippen LogP contribution in [0.3, 0.4) is 0 Å². The first-order valence-electron chi connectivity index (χ1n) is 9.48. The summed E-state index contributed by atoms with van der Waals surface area (Å²) in [6.07, 6.45) is 1.83. The molecule has 1 saturated heterocycles. The van der Waals surface area contributed by atoms with Crippen LogP contribution in [0.5, 0.6) is 0 Å². The molecular formula is C21H22F2N4O. The van der Waals surface area contributed by atoms with E-state index >= 15 is 0 Å². The summed E-state index contributed by atoms with van der Waals surface area (Å²) in [6, 6.07) is 13.4. The van der Waals surface area contributed by atoms with Gasteiger partial charge in [0.2, 0.25) is 0 Å². The molecule has 3 aromatic rings. The summed E-state index contributed by atoms with van der Waals surface area (Å²) < 4.78 is 29.8. The van der Waals surface area contributed by atoms with E-state index in [9.17, 15) is 13.6 Å². The summed E-state index contributed by atoms with van der Waals surface area (Å²) >= 11 is 0. The number of aromatic nitrogens is 3. The van der Waals surface area contributed by atoms with Crippen LogP contribution in [0.25, 0.3) is 0 Å². The zero-order valence-corrected chi connectivity index (χ0v) is 15.4. The van der Waals surface area contributed by atoms with Crippen molar-refractivity contribution in [3.05, 3.63) is 87.6 Å². The molecule has 7 heteroatoms. The monoisotopic (exact) mass is 384 g/mol. The fraction of sp³-hybridized carbons (Fsp3) is 0.333. The third-order valence-electron chi connectivity index (χ3n) is 5.16. The SMILES string of the molecule is O=c1n(Cc2ccc(F)c(F)c2)nc(C2CCNCC2)n1Cc1ccccc1. The van der Waals surface area contributed by atoms with Crippen LogP contribution in [-0.4, -0.2) is 27.4 Å². The second kappa shape index (κ2) is 8.06. The van der Waals surface area contributed by atoms with Gasteiger partial charge in [0, 0.05) is 5.92 Å². The van der Waals surface area contributed by atoms with Crippen LogP contribution in [0.2, 0.25) is 0 Å². The first-order chi connectivity index (χ1) is 13.6. The van der Waals surface area contributed by atoms with Gasteiger partial charge in [0.25, 0.3) is 0 Å². The fourth-order valence-electron chi connectivity index (χ4n) is 3.67. The minimum Gasteiger partial charge on any atom is -0.317 e. The summed E-state index contributed by atoms with van der Waals surface area (Å²) in [5.74, 6) is -0.865. The number of hydrogen-bond acceptors (Lipinski definition) is 3. The molecule has 4 rings (SSSR count). The van der Waals surface area contributed by atoms with Crippen molar-refractivity contribution >= 4 is 0 Å². The van der Waals surface area contributed by atoms with Gasteiger partial charge in [0.15, 0.2) is 11.6 Å². The Morgan fingerprint density at radius 1 is 0.964 bits per heavy atom. The summed E-state index contributed by atoms with van der Waals surface area (Å²) in [6.45, 7) is 2.33. The Morgan fingerprint density at radius 3 is 2.43 bits per heavy atom. The van der Waals surface area contributed by atoms with Gasteiger partial charge in [-0.25, -0.2) is 18.3 Å². The number of nitrogens with one attached hydrogen (secondary N) is 1. The summed E-state index contributed by atoms with van der Waals surface area (Å²) in [5.41, 5.74) is 1.29. The van der Waals surface area contributed by atoms with E-state index < -0.39 is 11.6 Å². The molecule has 0 atom stereocenters. The maximum atomic E-state index is 13.6. The second-order valence-corrected chi connectivity index (χ2v) is 7.14. The van der Waals surface area contributed by atoms with Crippen molar-refractivity contribution in [2.75, 3.05) is 13.1 Å². The van der Waals surface area contributed by atoms with Gasteiger partial charge < -0.3 is 5.32 Å². The third kappa shape index (κ3) is 3.89. The van der Waals surface area contributed by atoms with Crippen molar-refractivity contribution < 1.29 is 8.78 Å². The van der Waals surface area contributed by atoms with Crippen LogP contribution in [0.4, 0.5) is 8.78 Å². The molecule has 0 bridgehead atoms. The highest BCUT2D eigenvalue weighted by Gasteiger charge is 2.24. The van der Waals surface area contributed by atoms with E-state index in [0.29, 0.717) is 12.1 Å². The molecule has 1 aliphatic rings. The number of nitrogens with zero attached hydrogens (tertiary/aromatic N) is 3. The number of rotatable bonds is 5. The van der Waals surface area contributed by atoms with Gasteiger partial charge in [-0.1, -0.05) is 36.4 Å². The quantitative estimate of drug-likeness (QED) is 0.736. The molecule has 146 valence electrons. The zero-order valence-electron chi connectivity index (χ0n) is 15.4. The van der Waals surface area contributed by atoms with Crippen LogP contribution >= 0.6 is 0 Å². The molecule has 28 heavy (non-hydrogen) atoms. The molecule has 0 aliphatic carbocycles. The summed E-state index contributed by atoms with van der Waals surface area (Å²) in [4.78, 5) is 13.1. The standard InChI is InChI=1S/C21H22F2N4O/c22-18-7-6-16(12-19(18)23)14-27-21(28)26(13-15-4-2-1-3-5-15)20(25-27)17-8-10-24-11-9-17/h1-7,12,17,24H,8-11,13-14H2. The van der Waals surface area contributed by atoms with Gasteiger partial charge in [-0.15, -0.1) is 0 Å². The fourth-order valence-corrected chi connectivity index (χ4v) is 3.67. The Morgan fingerprint density at radius 2 is 1.71 bits per heavy atom. The van der Waals surface area contributed by atoms with Crippen molar-refractivity contribution in [2.45, 2.75) is 31.8 Å². The Bertz CT molecular complexity index is 1010. The van der Waals surface area contributed by atoms with Gasteiger partial charge in [0.1, 0.15) is 5.82 Å². The maximum Gasteiger partial charge on any atom is 0.346 e. The van der Waals surface area contributed by atoms with Crippen LogP contribution in [0.15, 0.2) is 53.3 Å². The van der Waals surface area contributed by atoms with Crippen molar-refractivity contribution in [1.29, 1.82) is 0 Å². The molecule has 2 heterocycles. The average Bonchev–Trinajstić information content (AvgIpc) is 3.02. The minimum atomic E-state index is -0.923. The molecule has 0 radical (unpaired) electrons. The molecule has 0 amide bonds. The molecule has 1 N–H and O–H groups in total. The first kappa shape index (κ1) is 18.6. The first-order valence-corrected chi connectivity index (χ1v) is 9.48. The van der Waals surface area contributed by atoms with Gasteiger partial charge >= 0.3 is 5.69 Å². The van der Waals surface area contributed by atoms with E-state index in [1.54, 1.807) is 4.57 Å². The lowest BCUT2D eigenvalue weighted by atomic mass is 9.97. The van der Waals surface area contributed by atoms with E-state index in [4.69, 9.17) is 0 Å². The van der Waals surface area contributed by atoms with Gasteiger partial charge in [0.05, 0.1) is 13.1 Å². The number of hydrogen-bond donors (Lipinski definition) is 1. The third-order valence-corrected chi connectivity index (χ3v) is 5.16. The van der Waals surface area contributed by atoms with Crippen LogP contribution < -0.4 is 11.0 Å². The topological polar surface area (TPSA) is 51.9 Å². The molecule has 1 fully saturated rings. The van der Waals surface area contributed by atoms with Crippen molar-refractivity contribution in [2.24, 2.45) is 0 Å². The lowest BCUT2D eigenvalue weighted by Crippen LogP contribution is -2.30. The summed E-state index contributed by atoms with van der Waals surface area (Å²) in [5, 5.41) is 7.93. The highest BCUT2D eigenvalue weighted by molar-refractivity contribution is 5.19. The Kier molecular flexibility index (Phi) is 5.34. The minimum absolute atomic E-state index is 0.107. The highest BCUT2D eigenvalue weighted by atomic mass is 19.2. The van der Waals surface area contributed by atoms with Crippen molar-refractivity contribution in [3.63, 3.8) is 0 Å².